The molecule has 1 aromatic carbocycles. The maximum absolute atomic E-state index is 13.5. The molecule has 0 radical (unpaired) electrons. The van der Waals surface area contributed by atoms with E-state index in [1.807, 2.05) is 28.0 Å². The Balaban J connectivity index is 1.76. The lowest BCUT2D eigenvalue weighted by molar-refractivity contribution is -0.144. The second-order valence-electron chi connectivity index (χ2n) is 8.96. The number of hydrogen-bond acceptors (Lipinski definition) is 3. The number of benzene rings is 1. The van der Waals surface area contributed by atoms with E-state index in [1.54, 1.807) is 11.3 Å². The molecule has 1 aliphatic carbocycles. The molecule has 4 nitrogen and oxygen atoms in total. The Morgan fingerprint density at radius 2 is 1.74 bits per heavy atom. The lowest BCUT2D eigenvalue weighted by Gasteiger charge is -2.30. The van der Waals surface area contributed by atoms with Crippen molar-refractivity contribution in [2.24, 2.45) is 11.8 Å². The second-order valence-corrected chi connectivity index (χ2v) is 10.3. The molecule has 1 heterocycles. The van der Waals surface area contributed by atoms with Crippen molar-refractivity contribution in [1.82, 2.24) is 9.80 Å². The van der Waals surface area contributed by atoms with Crippen molar-refractivity contribution in [3.8, 4) is 0 Å². The molecule has 1 saturated carbocycles. The van der Waals surface area contributed by atoms with Crippen LogP contribution in [0.4, 0.5) is 0 Å². The largest absolute Gasteiger partial charge is 0.333 e. The van der Waals surface area contributed by atoms with Gasteiger partial charge >= 0.3 is 0 Å². The zero-order valence-electron chi connectivity index (χ0n) is 19.2. The minimum absolute atomic E-state index is 0.0320. The summed E-state index contributed by atoms with van der Waals surface area (Å²) in [5, 5.41) is 0. The van der Waals surface area contributed by atoms with Gasteiger partial charge in [-0.3, -0.25) is 9.59 Å². The van der Waals surface area contributed by atoms with Gasteiger partial charge in [-0.25, -0.2) is 0 Å². The number of aryl methyl sites for hydroxylation is 1. The number of nitrogens with zero attached hydrogens (tertiary/aromatic N) is 2. The molecule has 0 spiro atoms. The van der Waals surface area contributed by atoms with Gasteiger partial charge in [0.15, 0.2) is 0 Å². The highest BCUT2D eigenvalue weighted by Crippen LogP contribution is 2.27. The lowest BCUT2D eigenvalue weighted by atomic mass is 10.0. The van der Waals surface area contributed by atoms with Crippen LogP contribution in [0.25, 0.3) is 0 Å². The summed E-state index contributed by atoms with van der Waals surface area (Å²) in [6.45, 7) is 8.38. The lowest BCUT2D eigenvalue weighted by Crippen LogP contribution is -2.45. The molecule has 0 aliphatic heterocycles. The van der Waals surface area contributed by atoms with E-state index in [2.05, 4.69) is 45.0 Å². The third kappa shape index (κ3) is 6.93. The van der Waals surface area contributed by atoms with Crippen molar-refractivity contribution >= 4 is 23.2 Å². The molecule has 0 N–H and O–H groups in total. The normalized spacial score (nSPS) is 15.1. The van der Waals surface area contributed by atoms with E-state index in [0.717, 1.165) is 37.7 Å². The SMILES string of the molecule is CC[C@@H](C)CN(CC(=O)N(Cc1ccccc1)Cc1ccc(C)s1)C(=O)C1CCCC1. The summed E-state index contributed by atoms with van der Waals surface area (Å²) in [5.41, 5.74) is 1.11. The van der Waals surface area contributed by atoms with Gasteiger partial charge in [-0.15, -0.1) is 11.3 Å². The summed E-state index contributed by atoms with van der Waals surface area (Å²) in [6.07, 6.45) is 5.18. The molecule has 0 saturated heterocycles. The van der Waals surface area contributed by atoms with Crippen LogP contribution < -0.4 is 0 Å². The van der Waals surface area contributed by atoms with Gasteiger partial charge in [-0.1, -0.05) is 63.4 Å². The Morgan fingerprint density at radius 3 is 2.35 bits per heavy atom. The van der Waals surface area contributed by atoms with E-state index in [9.17, 15) is 9.59 Å². The van der Waals surface area contributed by atoms with E-state index in [0.29, 0.717) is 25.6 Å². The Kier molecular flexibility index (Phi) is 8.70. The molecule has 0 unspecified atom stereocenters. The van der Waals surface area contributed by atoms with Crippen LogP contribution in [0.3, 0.4) is 0 Å². The monoisotopic (exact) mass is 440 g/mol. The van der Waals surface area contributed by atoms with Crippen molar-refractivity contribution < 1.29 is 9.59 Å². The quantitative estimate of drug-likeness (QED) is 0.479. The van der Waals surface area contributed by atoms with Gasteiger partial charge < -0.3 is 9.80 Å². The molecule has 168 valence electrons. The Bertz CT molecular complexity index is 842. The molecule has 5 heteroatoms. The molecular formula is C26H36N2O2S. The average Bonchev–Trinajstić information content (AvgIpc) is 3.45. The van der Waals surface area contributed by atoms with Crippen molar-refractivity contribution in [3.05, 3.63) is 57.8 Å². The van der Waals surface area contributed by atoms with E-state index in [1.165, 1.54) is 9.75 Å². The topological polar surface area (TPSA) is 40.6 Å². The van der Waals surface area contributed by atoms with Crippen LogP contribution in [0.5, 0.6) is 0 Å². The summed E-state index contributed by atoms with van der Waals surface area (Å²) in [4.78, 5) is 32.9. The summed E-state index contributed by atoms with van der Waals surface area (Å²) in [7, 11) is 0. The molecule has 1 atom stereocenters. The number of hydrogen-bond donors (Lipinski definition) is 0. The average molecular weight is 441 g/mol. The van der Waals surface area contributed by atoms with E-state index in [4.69, 9.17) is 0 Å². The molecule has 1 aliphatic rings. The van der Waals surface area contributed by atoms with Gasteiger partial charge in [-0.2, -0.15) is 0 Å². The zero-order valence-corrected chi connectivity index (χ0v) is 20.0. The summed E-state index contributed by atoms with van der Waals surface area (Å²) in [5.74, 6) is 0.697. The van der Waals surface area contributed by atoms with Gasteiger partial charge in [0.1, 0.15) is 0 Å². The van der Waals surface area contributed by atoms with Crippen LogP contribution in [-0.2, 0) is 22.7 Å². The third-order valence-corrected chi connectivity index (χ3v) is 7.27. The number of carbonyl (C=O) groups excluding carboxylic acids is 2. The number of amides is 2. The summed E-state index contributed by atoms with van der Waals surface area (Å²) < 4.78 is 0. The van der Waals surface area contributed by atoms with Crippen LogP contribution in [0, 0.1) is 18.8 Å². The highest BCUT2D eigenvalue weighted by molar-refractivity contribution is 7.11. The fourth-order valence-electron chi connectivity index (χ4n) is 4.23. The van der Waals surface area contributed by atoms with Gasteiger partial charge in [-0.05, 0) is 43.4 Å². The highest BCUT2D eigenvalue weighted by Gasteiger charge is 2.30. The third-order valence-electron chi connectivity index (χ3n) is 6.28. The molecule has 1 fully saturated rings. The molecule has 2 aromatic rings. The summed E-state index contributed by atoms with van der Waals surface area (Å²) in [6, 6.07) is 14.3. The molecule has 3 rings (SSSR count). The van der Waals surface area contributed by atoms with E-state index < -0.39 is 0 Å². The second kappa shape index (κ2) is 11.5. The fourth-order valence-corrected chi connectivity index (χ4v) is 5.13. The Morgan fingerprint density at radius 1 is 1.03 bits per heavy atom. The first-order valence-corrected chi connectivity index (χ1v) is 12.4. The Labute approximate surface area is 191 Å². The number of thiophene rings is 1. The first-order chi connectivity index (χ1) is 15.0. The fraction of sp³-hybridized carbons (Fsp3) is 0.538. The van der Waals surface area contributed by atoms with Crippen molar-refractivity contribution in [2.45, 2.75) is 66.0 Å². The minimum atomic E-state index is 0.0320. The minimum Gasteiger partial charge on any atom is -0.333 e. The number of carbonyl (C=O) groups is 2. The standard InChI is InChI=1S/C26H36N2O2S/c1-4-20(2)16-28(26(30)23-12-8-9-13-23)19-25(29)27(17-22-10-6-5-7-11-22)18-24-15-14-21(3)31-24/h5-7,10-11,14-15,20,23H,4,8-9,12-13,16-19H2,1-3H3/t20-/m1/s1. The predicted octanol–water partition coefficient (Wildman–Crippen LogP) is 5.65. The zero-order chi connectivity index (χ0) is 22.2. The predicted molar refractivity (Wildman–Crippen MR) is 128 cm³/mol. The van der Waals surface area contributed by atoms with Crippen LogP contribution in [0.2, 0.25) is 0 Å². The Hall–Kier alpha value is -2.14. The maximum atomic E-state index is 13.5. The van der Waals surface area contributed by atoms with Crippen molar-refractivity contribution in [1.29, 1.82) is 0 Å². The van der Waals surface area contributed by atoms with Crippen LogP contribution in [0.1, 0.15) is 61.3 Å². The maximum Gasteiger partial charge on any atom is 0.242 e. The molecule has 2 amide bonds. The first-order valence-electron chi connectivity index (χ1n) is 11.6. The van der Waals surface area contributed by atoms with Crippen LogP contribution >= 0.6 is 11.3 Å². The smallest absolute Gasteiger partial charge is 0.242 e. The highest BCUT2D eigenvalue weighted by atomic mass is 32.1. The van der Waals surface area contributed by atoms with E-state index in [-0.39, 0.29) is 24.3 Å². The van der Waals surface area contributed by atoms with Gasteiger partial charge in [0, 0.05) is 28.8 Å². The van der Waals surface area contributed by atoms with Gasteiger partial charge in [0.05, 0.1) is 13.1 Å². The molecule has 0 bridgehead atoms. The number of rotatable bonds is 10. The summed E-state index contributed by atoms with van der Waals surface area (Å²) >= 11 is 1.73. The van der Waals surface area contributed by atoms with Gasteiger partial charge in [0.2, 0.25) is 11.8 Å². The molecular weight excluding hydrogens is 404 g/mol. The van der Waals surface area contributed by atoms with Crippen molar-refractivity contribution in [3.63, 3.8) is 0 Å². The van der Waals surface area contributed by atoms with Gasteiger partial charge in [0.25, 0.3) is 0 Å². The first kappa shape index (κ1) is 23.5. The van der Waals surface area contributed by atoms with Crippen molar-refractivity contribution in [2.75, 3.05) is 13.1 Å². The molecule has 31 heavy (non-hydrogen) atoms. The van der Waals surface area contributed by atoms with E-state index >= 15 is 0 Å². The van der Waals surface area contributed by atoms with Crippen LogP contribution in [0.15, 0.2) is 42.5 Å². The van der Waals surface area contributed by atoms with Crippen LogP contribution in [-0.4, -0.2) is 34.7 Å². The molecule has 1 aromatic heterocycles.